The number of rotatable bonds is 9. The Hall–Kier alpha value is -2.51. The summed E-state index contributed by atoms with van der Waals surface area (Å²) < 4.78 is 0. The van der Waals surface area contributed by atoms with Crippen LogP contribution in [-0.2, 0) is 17.6 Å². The second-order valence-corrected chi connectivity index (χ2v) is 8.33. The normalized spacial score (nSPS) is 18.3. The molecule has 6 nitrogen and oxygen atoms in total. The molecule has 1 aromatic heterocycles. The van der Waals surface area contributed by atoms with Crippen LogP contribution >= 0.6 is 11.3 Å². The zero-order valence-electron chi connectivity index (χ0n) is 16.2. The van der Waals surface area contributed by atoms with Gasteiger partial charge in [-0.05, 0) is 24.8 Å². The average Bonchev–Trinajstić information content (AvgIpc) is 3.18. The first-order chi connectivity index (χ1) is 14.0. The Balaban J connectivity index is 1.53. The highest BCUT2D eigenvalue weighted by Crippen LogP contribution is 2.21. The molecule has 1 saturated heterocycles. The van der Waals surface area contributed by atoms with Crippen LogP contribution in [0.2, 0.25) is 0 Å². The van der Waals surface area contributed by atoms with E-state index < -0.39 is 12.1 Å². The monoisotopic (exact) mass is 414 g/mol. The third-order valence-corrected chi connectivity index (χ3v) is 6.05. The van der Waals surface area contributed by atoms with Crippen molar-refractivity contribution in [2.45, 2.75) is 50.7 Å². The van der Waals surface area contributed by atoms with Crippen molar-refractivity contribution in [3.63, 3.8) is 0 Å². The molecule has 1 aromatic carbocycles. The number of aromatic carboxylic acids is 1. The summed E-state index contributed by atoms with van der Waals surface area (Å²) in [5.41, 5.74) is 1.07. The van der Waals surface area contributed by atoms with Gasteiger partial charge < -0.3 is 15.1 Å². The maximum absolute atomic E-state index is 12.4. The highest BCUT2D eigenvalue weighted by atomic mass is 32.1. The minimum Gasteiger partial charge on any atom is -0.477 e. The van der Waals surface area contributed by atoms with Gasteiger partial charge in [0.15, 0.2) is 0 Å². The quantitative estimate of drug-likeness (QED) is 0.615. The van der Waals surface area contributed by atoms with Crippen molar-refractivity contribution in [2.24, 2.45) is 0 Å². The predicted octanol–water partition coefficient (Wildman–Crippen LogP) is 3.31. The summed E-state index contributed by atoms with van der Waals surface area (Å²) in [4.78, 5) is 29.6. The molecule has 2 heterocycles. The molecular formula is C22H26N2O4S. The number of likely N-dealkylation sites (tertiary alicyclic amines) is 1. The van der Waals surface area contributed by atoms with E-state index in [4.69, 9.17) is 5.11 Å². The minimum atomic E-state index is -0.959. The highest BCUT2D eigenvalue weighted by molar-refractivity contribution is 7.13. The van der Waals surface area contributed by atoms with Crippen molar-refractivity contribution >= 4 is 23.2 Å². The van der Waals surface area contributed by atoms with Gasteiger partial charge in [-0.15, -0.1) is 11.3 Å². The third-order valence-electron chi connectivity index (χ3n) is 5.01. The van der Waals surface area contributed by atoms with E-state index in [0.29, 0.717) is 25.8 Å². The van der Waals surface area contributed by atoms with Gasteiger partial charge in [0.1, 0.15) is 4.88 Å². The van der Waals surface area contributed by atoms with Gasteiger partial charge in [0.2, 0.25) is 5.91 Å². The van der Waals surface area contributed by atoms with E-state index in [1.807, 2.05) is 41.3 Å². The number of benzene rings is 1. The number of carboxylic acids is 1. The fraction of sp³-hybridized carbons (Fsp3) is 0.409. The average molecular weight is 415 g/mol. The number of carboxylic acid groups (broad SMARTS) is 1. The molecule has 7 heteroatoms. The van der Waals surface area contributed by atoms with Gasteiger partial charge in [-0.25, -0.2) is 9.78 Å². The van der Waals surface area contributed by atoms with Crippen LogP contribution in [0, 0.1) is 0 Å². The number of amides is 1. The zero-order chi connectivity index (χ0) is 20.6. The van der Waals surface area contributed by atoms with Gasteiger partial charge >= 0.3 is 5.97 Å². The van der Waals surface area contributed by atoms with Crippen molar-refractivity contribution in [3.8, 4) is 0 Å². The maximum Gasteiger partial charge on any atom is 0.347 e. The number of carbonyl (C=O) groups excluding carboxylic acids is 1. The second-order valence-electron chi connectivity index (χ2n) is 7.22. The first-order valence-corrected chi connectivity index (χ1v) is 10.7. The zero-order valence-corrected chi connectivity index (χ0v) is 17.1. The summed E-state index contributed by atoms with van der Waals surface area (Å²) in [5, 5.41) is 20.1. The van der Waals surface area contributed by atoms with Crippen LogP contribution in [-0.4, -0.2) is 50.7 Å². The Labute approximate surface area is 174 Å². The van der Waals surface area contributed by atoms with Crippen LogP contribution < -0.4 is 0 Å². The standard InChI is InChI=1S/C22H26N2O4S/c25-18(14-16-6-2-1-3-7-16)12-11-17-8-4-10-21(26)24(17)13-5-9-20-23-15-19(29-20)22(27)28/h1-3,6-7,11-12,15,17-18,25H,4-5,8-10,13-14H2,(H,27,28)/b12-11+/t17-,18+/m1/s1. The Morgan fingerprint density at radius 2 is 2.14 bits per heavy atom. The molecule has 1 aliphatic heterocycles. The number of hydrogen-bond donors (Lipinski definition) is 2. The van der Waals surface area contributed by atoms with Crippen molar-refractivity contribution in [2.75, 3.05) is 6.54 Å². The minimum absolute atomic E-state index is 0.00690. The lowest BCUT2D eigenvalue weighted by Crippen LogP contribution is -2.43. The molecule has 1 aliphatic rings. The number of aryl methyl sites for hydroxylation is 1. The Kier molecular flexibility index (Phi) is 7.55. The van der Waals surface area contributed by atoms with Gasteiger partial charge in [-0.1, -0.05) is 42.5 Å². The molecule has 0 aliphatic carbocycles. The summed E-state index contributed by atoms with van der Waals surface area (Å²) in [5.74, 6) is -0.826. The predicted molar refractivity (Wildman–Crippen MR) is 112 cm³/mol. The highest BCUT2D eigenvalue weighted by Gasteiger charge is 2.26. The molecule has 1 fully saturated rings. The van der Waals surface area contributed by atoms with E-state index in [-0.39, 0.29) is 16.8 Å². The topological polar surface area (TPSA) is 90.7 Å². The smallest absolute Gasteiger partial charge is 0.347 e. The van der Waals surface area contributed by atoms with Gasteiger partial charge in [0.05, 0.1) is 23.4 Å². The van der Waals surface area contributed by atoms with Crippen LogP contribution in [0.4, 0.5) is 0 Å². The van der Waals surface area contributed by atoms with E-state index >= 15 is 0 Å². The van der Waals surface area contributed by atoms with E-state index in [2.05, 4.69) is 4.98 Å². The molecule has 0 unspecified atom stereocenters. The number of aromatic nitrogens is 1. The largest absolute Gasteiger partial charge is 0.477 e. The molecule has 154 valence electrons. The van der Waals surface area contributed by atoms with Crippen molar-refractivity contribution in [3.05, 3.63) is 64.1 Å². The van der Waals surface area contributed by atoms with E-state index in [9.17, 15) is 14.7 Å². The van der Waals surface area contributed by atoms with Crippen molar-refractivity contribution < 1.29 is 19.8 Å². The number of piperidine rings is 1. The SMILES string of the molecule is O=C(O)c1cnc(CCCN2C(=O)CCC[C@@H]2/C=C/[C@H](O)Cc2ccccc2)s1. The molecule has 29 heavy (non-hydrogen) atoms. The van der Waals surface area contributed by atoms with E-state index in [0.717, 1.165) is 29.8 Å². The summed E-state index contributed by atoms with van der Waals surface area (Å²) in [6.45, 7) is 0.602. The van der Waals surface area contributed by atoms with Crippen LogP contribution in [0.3, 0.4) is 0 Å². The molecule has 1 amide bonds. The first-order valence-electron chi connectivity index (χ1n) is 9.90. The summed E-state index contributed by atoms with van der Waals surface area (Å²) in [6.07, 6.45) is 8.78. The maximum atomic E-state index is 12.4. The molecule has 3 rings (SSSR count). The van der Waals surface area contributed by atoms with Crippen molar-refractivity contribution in [1.29, 1.82) is 0 Å². The number of aliphatic hydroxyl groups excluding tert-OH is 1. The lowest BCUT2D eigenvalue weighted by atomic mass is 9.99. The van der Waals surface area contributed by atoms with E-state index in [1.165, 1.54) is 17.5 Å². The molecule has 0 bridgehead atoms. The number of hydrogen-bond acceptors (Lipinski definition) is 5. The lowest BCUT2D eigenvalue weighted by Gasteiger charge is -2.34. The third kappa shape index (κ3) is 6.24. The lowest BCUT2D eigenvalue weighted by molar-refractivity contribution is -0.135. The number of nitrogens with zero attached hydrogens (tertiary/aromatic N) is 2. The van der Waals surface area contributed by atoms with Gasteiger partial charge in [-0.2, -0.15) is 0 Å². The molecule has 2 aromatic rings. The molecule has 0 radical (unpaired) electrons. The fourth-order valence-electron chi connectivity index (χ4n) is 3.54. The van der Waals surface area contributed by atoms with Gasteiger partial charge in [-0.3, -0.25) is 4.79 Å². The summed E-state index contributed by atoms with van der Waals surface area (Å²) >= 11 is 1.18. The van der Waals surface area contributed by atoms with Crippen molar-refractivity contribution in [1.82, 2.24) is 9.88 Å². The molecule has 0 saturated carbocycles. The molecule has 0 spiro atoms. The molecule has 2 N–H and O–H groups in total. The second kappa shape index (κ2) is 10.3. The van der Waals surface area contributed by atoms with Crippen LogP contribution in [0.1, 0.15) is 45.9 Å². The van der Waals surface area contributed by atoms with Crippen LogP contribution in [0.15, 0.2) is 48.7 Å². The summed E-state index contributed by atoms with van der Waals surface area (Å²) in [7, 11) is 0. The first kappa shape index (κ1) is 21.2. The van der Waals surface area contributed by atoms with E-state index in [1.54, 1.807) is 6.08 Å². The fourth-order valence-corrected chi connectivity index (χ4v) is 4.34. The number of thiazole rings is 1. The Morgan fingerprint density at radius 3 is 2.86 bits per heavy atom. The van der Waals surface area contributed by atoms with Crippen LogP contribution in [0.25, 0.3) is 0 Å². The summed E-state index contributed by atoms with van der Waals surface area (Å²) in [6, 6.07) is 9.83. The van der Waals surface area contributed by atoms with Gasteiger partial charge in [0.25, 0.3) is 0 Å². The number of carbonyl (C=O) groups is 2. The molecule has 2 atom stereocenters. The number of aliphatic hydroxyl groups is 1. The molecular weight excluding hydrogens is 388 g/mol. The van der Waals surface area contributed by atoms with Gasteiger partial charge in [0, 0.05) is 25.8 Å². The Bertz CT molecular complexity index is 850. The Morgan fingerprint density at radius 1 is 1.34 bits per heavy atom. The van der Waals surface area contributed by atoms with Crippen LogP contribution in [0.5, 0.6) is 0 Å².